The van der Waals surface area contributed by atoms with Gasteiger partial charge in [0, 0.05) is 17.7 Å². The highest BCUT2D eigenvalue weighted by atomic mass is 19.1. The van der Waals surface area contributed by atoms with E-state index in [1.165, 1.54) is 19.6 Å². The van der Waals surface area contributed by atoms with Gasteiger partial charge in [-0.15, -0.1) is 0 Å². The van der Waals surface area contributed by atoms with Crippen molar-refractivity contribution in [2.24, 2.45) is 0 Å². The largest absolute Gasteiger partial charge is 0.469 e. The Morgan fingerprint density at radius 1 is 1.05 bits per heavy atom. The minimum absolute atomic E-state index is 0.0543. The number of nitrogens with one attached hydrogen (secondary N) is 1. The van der Waals surface area contributed by atoms with E-state index in [2.05, 4.69) is 5.32 Å². The predicted octanol–water partition coefficient (Wildman–Crippen LogP) is 6.18. The summed E-state index contributed by atoms with van der Waals surface area (Å²) in [5.41, 5.74) is 2.80. The zero-order valence-corrected chi connectivity index (χ0v) is 21.4. The van der Waals surface area contributed by atoms with E-state index in [4.69, 9.17) is 9.47 Å². The van der Waals surface area contributed by atoms with Gasteiger partial charge in [-0.1, -0.05) is 43.5 Å². The number of rotatable bonds is 8. The first-order chi connectivity index (χ1) is 18.0. The summed E-state index contributed by atoms with van der Waals surface area (Å²) in [6, 6.07) is 13.4. The van der Waals surface area contributed by atoms with E-state index in [9.17, 15) is 14.0 Å². The van der Waals surface area contributed by atoms with E-state index >= 15 is 0 Å². The molecule has 3 aliphatic rings. The lowest BCUT2D eigenvalue weighted by atomic mass is 9.91. The van der Waals surface area contributed by atoms with Gasteiger partial charge in [-0.05, 0) is 73.9 Å². The maximum atomic E-state index is 14.7. The third kappa shape index (κ3) is 5.57. The molecule has 2 aromatic rings. The molecule has 196 valence electrons. The van der Waals surface area contributed by atoms with Crippen molar-refractivity contribution in [2.75, 3.05) is 7.11 Å². The number of carbonyl (C=O) groups is 2. The smallest absolute Gasteiger partial charge is 0.307 e. The summed E-state index contributed by atoms with van der Waals surface area (Å²) in [6.45, 7) is 0. The molecule has 5 rings (SSSR count). The second kappa shape index (κ2) is 11.5. The third-order valence-electron chi connectivity index (χ3n) is 7.87. The summed E-state index contributed by atoms with van der Waals surface area (Å²) in [5, 5.41) is 3.65. The van der Waals surface area contributed by atoms with E-state index in [0.717, 1.165) is 62.5 Å². The Balaban J connectivity index is 1.47. The number of hydrogen-bond acceptors (Lipinski definition) is 5. The lowest BCUT2D eigenvalue weighted by Gasteiger charge is -2.39. The molecule has 0 bridgehead atoms. The number of hydrogen-bond donors (Lipinski definition) is 1. The molecule has 1 aliphatic heterocycles. The monoisotopic (exact) mass is 506 g/mol. The van der Waals surface area contributed by atoms with Crippen LogP contribution >= 0.6 is 0 Å². The Morgan fingerprint density at radius 2 is 1.81 bits per heavy atom. The van der Waals surface area contributed by atoms with Crippen LogP contribution in [-0.2, 0) is 14.3 Å². The van der Waals surface area contributed by atoms with Gasteiger partial charge in [0.05, 0.1) is 13.5 Å². The van der Waals surface area contributed by atoms with Crippen molar-refractivity contribution in [3.63, 3.8) is 0 Å². The minimum atomic E-state index is -0.485. The number of amides is 1. The van der Waals surface area contributed by atoms with Crippen molar-refractivity contribution < 1.29 is 23.5 Å². The standard InChI is InChI=1S/C30H35FN2O4/c1-36-28(34)19-26(20-16-17-25(31)27(18-20)37-22-12-6-3-7-13-22)32-29-23-14-8-9-15-24(23)30(35)33(29)21-10-4-2-5-11-21/h3,6-7,12-13,16-18,21,26,29,32H,2,4-5,8-11,14-15,19H2,1H3/t26-,29+/m1/s1. The summed E-state index contributed by atoms with van der Waals surface area (Å²) >= 11 is 0. The van der Waals surface area contributed by atoms with Crippen LogP contribution in [-0.4, -0.2) is 36.1 Å². The number of ether oxygens (including phenoxy) is 2. The average molecular weight is 507 g/mol. The Kier molecular flexibility index (Phi) is 7.89. The van der Waals surface area contributed by atoms with E-state index in [1.54, 1.807) is 24.3 Å². The number of nitrogens with zero attached hydrogens (tertiary/aromatic N) is 1. The van der Waals surface area contributed by atoms with Gasteiger partial charge in [-0.3, -0.25) is 14.9 Å². The Morgan fingerprint density at radius 3 is 2.57 bits per heavy atom. The highest BCUT2D eigenvalue weighted by molar-refractivity contribution is 5.98. The van der Waals surface area contributed by atoms with Crippen molar-refractivity contribution in [1.29, 1.82) is 0 Å². The molecule has 0 aromatic heterocycles. The molecule has 2 aromatic carbocycles. The van der Waals surface area contributed by atoms with E-state index in [1.807, 2.05) is 23.1 Å². The maximum Gasteiger partial charge on any atom is 0.307 e. The number of halogens is 1. The van der Waals surface area contributed by atoms with Crippen molar-refractivity contribution in [3.8, 4) is 11.5 Å². The van der Waals surface area contributed by atoms with Crippen LogP contribution in [0.3, 0.4) is 0 Å². The molecule has 2 atom stereocenters. The molecule has 0 radical (unpaired) electrons. The van der Waals surface area contributed by atoms with Gasteiger partial charge in [0.15, 0.2) is 11.6 Å². The second-order valence-electron chi connectivity index (χ2n) is 10.2. The fraction of sp³-hybridized carbons (Fsp3) is 0.467. The maximum absolute atomic E-state index is 14.7. The molecule has 1 amide bonds. The van der Waals surface area contributed by atoms with Crippen LogP contribution in [0, 0.1) is 5.82 Å². The molecule has 1 heterocycles. The van der Waals surface area contributed by atoms with Crippen LogP contribution in [0.4, 0.5) is 4.39 Å². The molecule has 6 nitrogen and oxygen atoms in total. The Bertz CT molecular complexity index is 1160. The zero-order chi connectivity index (χ0) is 25.8. The van der Waals surface area contributed by atoms with Crippen LogP contribution in [0.25, 0.3) is 0 Å². The summed E-state index contributed by atoms with van der Waals surface area (Å²) in [6.07, 6.45) is 8.98. The van der Waals surface area contributed by atoms with Crippen LogP contribution in [0.15, 0.2) is 59.7 Å². The van der Waals surface area contributed by atoms with Crippen molar-refractivity contribution in [1.82, 2.24) is 10.2 Å². The highest BCUT2D eigenvalue weighted by Crippen LogP contribution is 2.40. The molecule has 1 N–H and O–H groups in total. The van der Waals surface area contributed by atoms with Crippen molar-refractivity contribution in [3.05, 3.63) is 71.1 Å². The van der Waals surface area contributed by atoms with Gasteiger partial charge in [-0.25, -0.2) is 4.39 Å². The summed E-state index contributed by atoms with van der Waals surface area (Å²) in [7, 11) is 1.36. The van der Waals surface area contributed by atoms with Gasteiger partial charge >= 0.3 is 5.97 Å². The minimum Gasteiger partial charge on any atom is -0.469 e. The van der Waals surface area contributed by atoms with Crippen LogP contribution in [0.5, 0.6) is 11.5 Å². The van der Waals surface area contributed by atoms with Gasteiger partial charge in [0.1, 0.15) is 11.9 Å². The molecule has 0 saturated heterocycles. The lowest BCUT2D eigenvalue weighted by Crippen LogP contribution is -2.52. The first-order valence-corrected chi connectivity index (χ1v) is 13.4. The van der Waals surface area contributed by atoms with Crippen LogP contribution < -0.4 is 10.1 Å². The van der Waals surface area contributed by atoms with Gasteiger partial charge in [0.25, 0.3) is 5.91 Å². The molecule has 1 fully saturated rings. The topological polar surface area (TPSA) is 67.9 Å². The SMILES string of the molecule is COC(=O)C[C@@H](N[C@@H]1C2=C(CCCC2)C(=O)N1C1CCCCC1)c1ccc(F)c(Oc2ccccc2)c1. The highest BCUT2D eigenvalue weighted by Gasteiger charge is 2.44. The average Bonchev–Trinajstić information content (AvgIpc) is 3.21. The fourth-order valence-corrected chi connectivity index (χ4v) is 5.98. The molecule has 1 saturated carbocycles. The molecule has 2 aliphatic carbocycles. The van der Waals surface area contributed by atoms with Crippen LogP contribution in [0.2, 0.25) is 0 Å². The van der Waals surface area contributed by atoms with Gasteiger partial charge < -0.3 is 14.4 Å². The van der Waals surface area contributed by atoms with Crippen LogP contribution in [0.1, 0.15) is 75.8 Å². The molecule has 37 heavy (non-hydrogen) atoms. The van der Waals surface area contributed by atoms with Crippen molar-refractivity contribution >= 4 is 11.9 Å². The van der Waals surface area contributed by atoms with Gasteiger partial charge in [0.2, 0.25) is 0 Å². The second-order valence-corrected chi connectivity index (χ2v) is 10.2. The summed E-state index contributed by atoms with van der Waals surface area (Å²) < 4.78 is 25.6. The number of esters is 1. The molecule has 0 unspecified atom stereocenters. The molecule has 7 heteroatoms. The summed E-state index contributed by atoms with van der Waals surface area (Å²) in [4.78, 5) is 28.1. The van der Waals surface area contributed by atoms with Gasteiger partial charge in [-0.2, -0.15) is 0 Å². The quantitative estimate of drug-likeness (QED) is 0.433. The Labute approximate surface area is 217 Å². The lowest BCUT2D eigenvalue weighted by molar-refractivity contribution is -0.141. The summed E-state index contributed by atoms with van der Waals surface area (Å²) in [5.74, 6) is -0.106. The van der Waals surface area contributed by atoms with E-state index in [0.29, 0.717) is 11.3 Å². The molecular weight excluding hydrogens is 471 g/mol. The number of carbonyl (C=O) groups excluding carboxylic acids is 2. The normalized spacial score (nSPS) is 21.1. The third-order valence-corrected chi connectivity index (χ3v) is 7.87. The fourth-order valence-electron chi connectivity index (χ4n) is 5.98. The first kappa shape index (κ1) is 25.5. The van der Waals surface area contributed by atoms with Crippen molar-refractivity contribution in [2.45, 2.75) is 82.5 Å². The Hall–Kier alpha value is -3.19. The number of para-hydroxylation sites is 1. The first-order valence-electron chi connectivity index (χ1n) is 13.4. The number of benzene rings is 2. The molecule has 0 spiro atoms. The van der Waals surface area contributed by atoms with E-state index < -0.39 is 11.9 Å². The number of methoxy groups -OCH3 is 1. The zero-order valence-electron chi connectivity index (χ0n) is 21.4. The van der Waals surface area contributed by atoms with E-state index in [-0.39, 0.29) is 36.3 Å². The predicted molar refractivity (Wildman–Crippen MR) is 138 cm³/mol. The molecular formula is C30H35FN2O4.